The van der Waals surface area contributed by atoms with Crippen molar-refractivity contribution in [2.24, 2.45) is 11.7 Å². The van der Waals surface area contributed by atoms with Crippen LogP contribution in [0.3, 0.4) is 0 Å². The summed E-state index contributed by atoms with van der Waals surface area (Å²) in [6, 6.07) is 8.64. The number of hydrogen-bond acceptors (Lipinski definition) is 5. The second kappa shape index (κ2) is 6.81. The molecule has 2 fully saturated rings. The van der Waals surface area contributed by atoms with Gasteiger partial charge in [0.15, 0.2) is 0 Å². The highest BCUT2D eigenvalue weighted by molar-refractivity contribution is 5.90. The van der Waals surface area contributed by atoms with Crippen LogP contribution >= 0.6 is 12.4 Å². The molecule has 7 heteroatoms. The molecule has 2 heterocycles. The Balaban J connectivity index is 0.00000169. The van der Waals surface area contributed by atoms with E-state index in [-0.39, 0.29) is 24.2 Å². The zero-order valence-corrected chi connectivity index (χ0v) is 14.3. The quantitative estimate of drug-likeness (QED) is 0.886. The fourth-order valence-electron chi connectivity index (χ4n) is 3.10. The molecule has 1 aliphatic carbocycles. The summed E-state index contributed by atoms with van der Waals surface area (Å²) < 4.78 is 0. The highest BCUT2D eigenvalue weighted by atomic mass is 35.5. The molecule has 0 bridgehead atoms. The molecule has 1 aromatic carbocycles. The van der Waals surface area contributed by atoms with Crippen molar-refractivity contribution in [2.75, 3.05) is 23.3 Å². The summed E-state index contributed by atoms with van der Waals surface area (Å²) in [6.45, 7) is 1.55. The number of aromatic nitrogens is 2. The van der Waals surface area contributed by atoms with E-state index < -0.39 is 0 Å². The maximum Gasteiger partial charge on any atom is 0.227 e. The molecule has 2 aliphatic rings. The number of carbonyl (C=O) groups is 1. The van der Waals surface area contributed by atoms with Crippen LogP contribution in [-0.4, -0.2) is 35.0 Å². The van der Waals surface area contributed by atoms with Crippen molar-refractivity contribution in [1.29, 1.82) is 0 Å². The van der Waals surface area contributed by atoms with Gasteiger partial charge in [0.2, 0.25) is 11.9 Å². The Morgan fingerprint density at radius 1 is 1.12 bits per heavy atom. The third kappa shape index (κ3) is 3.38. The minimum atomic E-state index is -0.194. The van der Waals surface area contributed by atoms with Crippen LogP contribution in [0.4, 0.5) is 11.8 Å². The highest BCUT2D eigenvalue weighted by Gasteiger charge is 2.26. The van der Waals surface area contributed by atoms with E-state index >= 15 is 0 Å². The molecule has 24 heavy (non-hydrogen) atoms. The number of halogens is 1. The smallest absolute Gasteiger partial charge is 0.227 e. The number of piperidine rings is 1. The van der Waals surface area contributed by atoms with Crippen molar-refractivity contribution >= 4 is 41.0 Å². The number of nitrogens with one attached hydrogen (secondary N) is 1. The maximum atomic E-state index is 11.3. The number of carbonyl (C=O) groups excluding carboxylic acids is 1. The van der Waals surface area contributed by atoms with Crippen LogP contribution in [0, 0.1) is 5.92 Å². The molecule has 1 saturated carbocycles. The first kappa shape index (κ1) is 16.8. The van der Waals surface area contributed by atoms with Gasteiger partial charge in [0.25, 0.3) is 0 Å². The third-order valence-corrected chi connectivity index (χ3v) is 4.69. The van der Waals surface area contributed by atoms with Gasteiger partial charge in [0.05, 0.1) is 5.52 Å². The molecular formula is C17H22ClN5O. The zero-order chi connectivity index (χ0) is 15.8. The monoisotopic (exact) mass is 347 g/mol. The fraction of sp³-hybridized carbons (Fsp3) is 0.471. The van der Waals surface area contributed by atoms with Gasteiger partial charge in [0, 0.05) is 30.4 Å². The molecule has 0 spiro atoms. The molecule has 0 unspecified atom stereocenters. The van der Waals surface area contributed by atoms with Gasteiger partial charge in [-0.05, 0) is 37.8 Å². The Morgan fingerprint density at radius 2 is 1.83 bits per heavy atom. The Kier molecular flexibility index (Phi) is 4.76. The number of anilines is 2. The molecule has 1 amide bonds. The van der Waals surface area contributed by atoms with Crippen LogP contribution in [0.25, 0.3) is 10.9 Å². The molecule has 4 rings (SSSR count). The SMILES string of the molecule is Cl.NC(=O)C1CCN(c2nc(NC3CC3)c3ccccc3n2)CC1. The summed E-state index contributed by atoms with van der Waals surface area (Å²) in [7, 11) is 0. The van der Waals surface area contributed by atoms with Crippen LogP contribution in [0.2, 0.25) is 0 Å². The molecule has 2 aromatic rings. The molecule has 0 atom stereocenters. The van der Waals surface area contributed by atoms with Gasteiger partial charge >= 0.3 is 0 Å². The first-order valence-corrected chi connectivity index (χ1v) is 8.28. The first-order valence-electron chi connectivity index (χ1n) is 8.28. The van der Waals surface area contributed by atoms with Crippen molar-refractivity contribution in [3.05, 3.63) is 24.3 Å². The number of para-hydroxylation sites is 1. The van der Waals surface area contributed by atoms with Gasteiger partial charge in [-0.25, -0.2) is 4.98 Å². The number of benzene rings is 1. The van der Waals surface area contributed by atoms with Crippen molar-refractivity contribution in [3.8, 4) is 0 Å². The topological polar surface area (TPSA) is 84.1 Å². The van der Waals surface area contributed by atoms with Gasteiger partial charge in [-0.3, -0.25) is 4.79 Å². The fourth-order valence-corrected chi connectivity index (χ4v) is 3.10. The van der Waals surface area contributed by atoms with Gasteiger partial charge in [0.1, 0.15) is 5.82 Å². The summed E-state index contributed by atoms with van der Waals surface area (Å²) >= 11 is 0. The Morgan fingerprint density at radius 3 is 2.50 bits per heavy atom. The predicted molar refractivity (Wildman–Crippen MR) is 97.6 cm³/mol. The van der Waals surface area contributed by atoms with E-state index in [0.717, 1.165) is 48.6 Å². The van der Waals surface area contributed by atoms with Crippen molar-refractivity contribution < 1.29 is 4.79 Å². The number of nitrogens with zero attached hydrogens (tertiary/aromatic N) is 3. The molecule has 6 nitrogen and oxygen atoms in total. The van der Waals surface area contributed by atoms with E-state index in [0.29, 0.717) is 6.04 Å². The number of fused-ring (bicyclic) bond motifs is 1. The van der Waals surface area contributed by atoms with E-state index in [1.165, 1.54) is 12.8 Å². The van der Waals surface area contributed by atoms with E-state index in [2.05, 4.69) is 16.3 Å². The summed E-state index contributed by atoms with van der Waals surface area (Å²) in [5.74, 6) is 1.45. The molecule has 1 aliphatic heterocycles. The lowest BCUT2D eigenvalue weighted by Gasteiger charge is -2.31. The van der Waals surface area contributed by atoms with E-state index in [1.807, 2.05) is 18.2 Å². The second-order valence-electron chi connectivity index (χ2n) is 6.47. The Bertz CT molecular complexity index is 741. The lowest BCUT2D eigenvalue weighted by molar-refractivity contribution is -0.122. The normalized spacial score (nSPS) is 18.2. The summed E-state index contributed by atoms with van der Waals surface area (Å²) in [4.78, 5) is 23.0. The summed E-state index contributed by atoms with van der Waals surface area (Å²) in [6.07, 6.45) is 3.96. The van der Waals surface area contributed by atoms with Crippen LogP contribution in [0.1, 0.15) is 25.7 Å². The lowest BCUT2D eigenvalue weighted by atomic mass is 9.96. The number of primary amides is 1. The van der Waals surface area contributed by atoms with Gasteiger partial charge in [-0.2, -0.15) is 4.98 Å². The van der Waals surface area contributed by atoms with E-state index in [9.17, 15) is 4.79 Å². The van der Waals surface area contributed by atoms with Gasteiger partial charge < -0.3 is 16.0 Å². The minimum absolute atomic E-state index is 0. The van der Waals surface area contributed by atoms with Crippen molar-refractivity contribution in [2.45, 2.75) is 31.7 Å². The van der Waals surface area contributed by atoms with Crippen molar-refractivity contribution in [1.82, 2.24) is 9.97 Å². The molecule has 3 N–H and O–H groups in total. The highest BCUT2D eigenvalue weighted by Crippen LogP contribution is 2.30. The molecular weight excluding hydrogens is 326 g/mol. The standard InChI is InChI=1S/C17H21N5O.ClH/c18-15(23)11-7-9-22(10-8-11)17-20-14-4-2-1-3-13(14)16(21-17)19-12-5-6-12;/h1-4,11-12H,5-10H2,(H2,18,23)(H,19,20,21);1H. The average Bonchev–Trinajstić information content (AvgIpc) is 3.39. The number of amides is 1. The molecule has 1 aromatic heterocycles. The van der Waals surface area contributed by atoms with Gasteiger partial charge in [-0.15, -0.1) is 12.4 Å². The number of nitrogens with two attached hydrogens (primary N) is 1. The van der Waals surface area contributed by atoms with Crippen LogP contribution in [0.5, 0.6) is 0 Å². The van der Waals surface area contributed by atoms with Crippen LogP contribution in [0.15, 0.2) is 24.3 Å². The van der Waals surface area contributed by atoms with E-state index in [1.54, 1.807) is 0 Å². The van der Waals surface area contributed by atoms with E-state index in [4.69, 9.17) is 15.7 Å². The van der Waals surface area contributed by atoms with Gasteiger partial charge in [-0.1, -0.05) is 12.1 Å². The summed E-state index contributed by atoms with van der Waals surface area (Å²) in [5.41, 5.74) is 6.37. The zero-order valence-electron chi connectivity index (χ0n) is 13.4. The van der Waals surface area contributed by atoms with Crippen molar-refractivity contribution in [3.63, 3.8) is 0 Å². The Hall–Kier alpha value is -2.08. The number of rotatable bonds is 4. The first-order chi connectivity index (χ1) is 11.2. The molecule has 1 saturated heterocycles. The maximum absolute atomic E-state index is 11.3. The Labute approximate surface area is 147 Å². The van der Waals surface area contributed by atoms with Crippen LogP contribution in [-0.2, 0) is 4.79 Å². The lowest BCUT2D eigenvalue weighted by Crippen LogP contribution is -2.39. The molecule has 0 radical (unpaired) electrons. The largest absolute Gasteiger partial charge is 0.369 e. The molecule has 128 valence electrons. The predicted octanol–water partition coefficient (Wildman–Crippen LogP) is 2.33. The number of hydrogen-bond donors (Lipinski definition) is 2. The summed E-state index contributed by atoms with van der Waals surface area (Å²) in [5, 5.41) is 4.58. The second-order valence-corrected chi connectivity index (χ2v) is 6.47. The third-order valence-electron chi connectivity index (χ3n) is 4.69. The minimum Gasteiger partial charge on any atom is -0.369 e. The average molecular weight is 348 g/mol. The van der Waals surface area contributed by atoms with Crippen LogP contribution < -0.4 is 16.0 Å².